The fraction of sp³-hybridized carbons (Fsp3) is 0.0833. The molecule has 0 saturated heterocycles. The van der Waals surface area contributed by atoms with Crippen LogP contribution in [0.5, 0.6) is 5.75 Å². The predicted octanol–water partition coefficient (Wildman–Crippen LogP) is 6.05. The van der Waals surface area contributed by atoms with E-state index in [2.05, 4.69) is 20.9 Å². The number of ether oxygens (including phenoxy) is 1. The quantitative estimate of drug-likeness (QED) is 0.294. The summed E-state index contributed by atoms with van der Waals surface area (Å²) in [7, 11) is 0. The van der Waals surface area contributed by atoms with E-state index >= 15 is 0 Å². The number of nitriles is 1. The zero-order valence-corrected chi connectivity index (χ0v) is 19.9. The molecule has 0 spiro atoms. The Morgan fingerprint density at radius 2 is 1.85 bits per heavy atom. The van der Waals surface area contributed by atoms with Crippen molar-refractivity contribution in [1.29, 1.82) is 5.26 Å². The molecule has 168 valence electrons. The standard InChI is InChI=1S/C24H16ClN5O2S2/c1-28-21-20(14-4-8-17(9-5-14)32-11-10-31)18(12-26)24(30-22(21)27)34-19-13-33-23(29-19)15-2-6-16(25)7-3-15/h2-9,13,31H,10-11H2,(H2,27,30). The fourth-order valence-electron chi connectivity index (χ4n) is 3.15. The summed E-state index contributed by atoms with van der Waals surface area (Å²) >= 11 is 8.65. The van der Waals surface area contributed by atoms with E-state index in [0.29, 0.717) is 32.0 Å². The molecule has 3 N–H and O–H groups in total. The fourth-order valence-corrected chi connectivity index (χ4v) is 5.09. The molecule has 0 aliphatic heterocycles. The number of nitrogens with zero attached hydrogens (tertiary/aromatic N) is 4. The largest absolute Gasteiger partial charge is 0.491 e. The minimum absolute atomic E-state index is 0.0419. The number of benzene rings is 2. The Morgan fingerprint density at radius 3 is 2.50 bits per heavy atom. The molecule has 0 aliphatic rings. The average molecular weight is 506 g/mol. The summed E-state index contributed by atoms with van der Waals surface area (Å²) < 4.78 is 5.40. The van der Waals surface area contributed by atoms with Crippen molar-refractivity contribution in [2.45, 2.75) is 10.1 Å². The maximum Gasteiger partial charge on any atom is 0.236 e. The van der Waals surface area contributed by atoms with Crippen LogP contribution >= 0.6 is 34.7 Å². The van der Waals surface area contributed by atoms with Gasteiger partial charge in [-0.2, -0.15) is 5.26 Å². The molecule has 10 heteroatoms. The second-order valence-corrected chi connectivity index (χ2v) is 9.12. The molecule has 4 aromatic rings. The number of nitrogen functional groups attached to an aromatic ring is 1. The molecule has 0 unspecified atom stereocenters. The molecule has 0 aliphatic carbocycles. The van der Waals surface area contributed by atoms with Gasteiger partial charge in [0.25, 0.3) is 0 Å². The maximum atomic E-state index is 10.00. The van der Waals surface area contributed by atoms with Crippen LogP contribution in [0.4, 0.5) is 11.5 Å². The molecule has 0 radical (unpaired) electrons. The molecular formula is C24H16ClN5O2S2. The first-order chi connectivity index (χ1) is 16.5. The number of aliphatic hydroxyl groups is 1. The van der Waals surface area contributed by atoms with Gasteiger partial charge in [-0.25, -0.2) is 14.8 Å². The second kappa shape index (κ2) is 10.6. The molecule has 7 nitrogen and oxygen atoms in total. The lowest BCUT2D eigenvalue weighted by Crippen LogP contribution is -2.01. The summed E-state index contributed by atoms with van der Waals surface area (Å²) in [5.74, 6) is 0.606. The molecule has 2 heterocycles. The highest BCUT2D eigenvalue weighted by molar-refractivity contribution is 7.99. The van der Waals surface area contributed by atoms with E-state index in [1.807, 2.05) is 17.5 Å². The number of aromatic nitrogens is 2. The summed E-state index contributed by atoms with van der Waals surface area (Å²) in [5, 5.41) is 23.3. The number of rotatable bonds is 7. The number of hydrogen-bond acceptors (Lipinski definition) is 8. The summed E-state index contributed by atoms with van der Waals surface area (Å²) in [6.07, 6.45) is 0. The van der Waals surface area contributed by atoms with Gasteiger partial charge in [0.15, 0.2) is 0 Å². The van der Waals surface area contributed by atoms with Crippen LogP contribution in [0, 0.1) is 17.9 Å². The first-order valence-corrected chi connectivity index (χ1v) is 12.0. The second-order valence-electron chi connectivity index (χ2n) is 6.82. The molecular weight excluding hydrogens is 490 g/mol. The van der Waals surface area contributed by atoms with Crippen LogP contribution in [0.25, 0.3) is 26.5 Å². The molecule has 2 aromatic heterocycles. The third-order valence-electron chi connectivity index (χ3n) is 4.67. The Hall–Kier alpha value is -3.60. The number of thiazole rings is 1. The van der Waals surface area contributed by atoms with Crippen LogP contribution in [0.3, 0.4) is 0 Å². The van der Waals surface area contributed by atoms with Crippen molar-refractivity contribution >= 4 is 46.2 Å². The van der Waals surface area contributed by atoms with Gasteiger partial charge in [-0.3, -0.25) is 0 Å². The molecule has 0 bridgehead atoms. The van der Waals surface area contributed by atoms with Crippen molar-refractivity contribution in [3.05, 3.63) is 75.9 Å². The lowest BCUT2D eigenvalue weighted by Gasteiger charge is -2.13. The van der Waals surface area contributed by atoms with E-state index in [4.69, 9.17) is 33.8 Å². The van der Waals surface area contributed by atoms with E-state index in [1.54, 1.807) is 36.4 Å². The topological polar surface area (TPSA) is 109 Å². The average Bonchev–Trinajstić information content (AvgIpc) is 3.31. The normalized spacial score (nSPS) is 10.5. The highest BCUT2D eigenvalue weighted by Crippen LogP contribution is 2.43. The summed E-state index contributed by atoms with van der Waals surface area (Å²) in [6.45, 7) is 7.68. The molecule has 0 amide bonds. The highest BCUT2D eigenvalue weighted by Gasteiger charge is 2.22. The van der Waals surface area contributed by atoms with E-state index in [1.165, 1.54) is 23.1 Å². The minimum atomic E-state index is -0.0972. The number of hydrogen-bond donors (Lipinski definition) is 2. The van der Waals surface area contributed by atoms with Gasteiger partial charge in [0.05, 0.1) is 18.7 Å². The van der Waals surface area contributed by atoms with Crippen molar-refractivity contribution in [1.82, 2.24) is 9.97 Å². The number of pyridine rings is 1. The van der Waals surface area contributed by atoms with Crippen LogP contribution in [0.2, 0.25) is 5.02 Å². The third-order valence-corrected chi connectivity index (χ3v) is 6.87. The zero-order valence-electron chi connectivity index (χ0n) is 17.5. The van der Waals surface area contributed by atoms with Crippen molar-refractivity contribution in [3.8, 4) is 33.5 Å². The van der Waals surface area contributed by atoms with Gasteiger partial charge in [-0.1, -0.05) is 35.9 Å². The molecule has 4 rings (SSSR count). The van der Waals surface area contributed by atoms with Crippen LogP contribution < -0.4 is 10.5 Å². The van der Waals surface area contributed by atoms with Gasteiger partial charge < -0.3 is 15.6 Å². The van der Waals surface area contributed by atoms with Gasteiger partial charge in [0, 0.05) is 21.5 Å². The number of anilines is 1. The Balaban J connectivity index is 1.72. The van der Waals surface area contributed by atoms with Crippen LogP contribution in [-0.4, -0.2) is 28.3 Å². The molecule has 34 heavy (non-hydrogen) atoms. The number of halogens is 1. The Bertz CT molecular complexity index is 1410. The Morgan fingerprint density at radius 1 is 1.15 bits per heavy atom. The first kappa shape index (κ1) is 23.6. The molecule has 0 atom stereocenters. The van der Waals surface area contributed by atoms with Crippen molar-refractivity contribution < 1.29 is 9.84 Å². The number of nitrogens with two attached hydrogens (primary N) is 1. The van der Waals surface area contributed by atoms with Crippen LogP contribution in [-0.2, 0) is 0 Å². The molecule has 0 saturated carbocycles. The monoisotopic (exact) mass is 505 g/mol. The van der Waals surface area contributed by atoms with Crippen LogP contribution in [0.15, 0.2) is 64.0 Å². The number of aliphatic hydroxyl groups excluding tert-OH is 1. The van der Waals surface area contributed by atoms with E-state index in [0.717, 1.165) is 10.6 Å². The maximum absolute atomic E-state index is 10.00. The Labute approximate surface area is 209 Å². The van der Waals surface area contributed by atoms with Gasteiger partial charge in [-0.15, -0.1) is 11.3 Å². The SMILES string of the molecule is [C-]#[N+]c1c(N)nc(Sc2csc(-c3ccc(Cl)cc3)n2)c(C#N)c1-c1ccc(OCCO)cc1. The Kier molecular flexibility index (Phi) is 7.31. The smallest absolute Gasteiger partial charge is 0.236 e. The predicted molar refractivity (Wildman–Crippen MR) is 134 cm³/mol. The molecule has 0 fully saturated rings. The van der Waals surface area contributed by atoms with E-state index in [-0.39, 0.29) is 30.3 Å². The van der Waals surface area contributed by atoms with E-state index in [9.17, 15) is 5.26 Å². The van der Waals surface area contributed by atoms with E-state index < -0.39 is 0 Å². The van der Waals surface area contributed by atoms with Gasteiger partial charge in [0.2, 0.25) is 5.69 Å². The summed E-state index contributed by atoms with van der Waals surface area (Å²) in [6, 6.07) is 16.5. The molecule has 2 aromatic carbocycles. The zero-order chi connectivity index (χ0) is 24.1. The lowest BCUT2D eigenvalue weighted by molar-refractivity contribution is 0.201. The van der Waals surface area contributed by atoms with Gasteiger partial charge in [-0.05, 0) is 41.6 Å². The van der Waals surface area contributed by atoms with Crippen molar-refractivity contribution in [2.75, 3.05) is 18.9 Å². The first-order valence-electron chi connectivity index (χ1n) is 9.88. The van der Waals surface area contributed by atoms with Crippen molar-refractivity contribution in [3.63, 3.8) is 0 Å². The van der Waals surface area contributed by atoms with Gasteiger partial charge in [0.1, 0.15) is 39.3 Å². The highest BCUT2D eigenvalue weighted by atomic mass is 35.5. The van der Waals surface area contributed by atoms with Gasteiger partial charge >= 0.3 is 0 Å². The lowest BCUT2D eigenvalue weighted by atomic mass is 10.00. The summed E-state index contributed by atoms with van der Waals surface area (Å²) in [4.78, 5) is 12.5. The third kappa shape index (κ3) is 4.98. The van der Waals surface area contributed by atoms with Crippen LogP contribution in [0.1, 0.15) is 5.56 Å². The summed E-state index contributed by atoms with van der Waals surface area (Å²) in [5.41, 5.74) is 8.46. The minimum Gasteiger partial charge on any atom is -0.491 e. The van der Waals surface area contributed by atoms with Crippen molar-refractivity contribution in [2.24, 2.45) is 0 Å².